The summed E-state index contributed by atoms with van der Waals surface area (Å²) in [4.78, 5) is 14.3. The van der Waals surface area contributed by atoms with Gasteiger partial charge in [-0.3, -0.25) is 0 Å². The molecule has 1 saturated heterocycles. The summed E-state index contributed by atoms with van der Waals surface area (Å²) in [6, 6.07) is 8.63. The number of carbonyl (C=O) groups is 1. The molecule has 0 radical (unpaired) electrons. The van der Waals surface area contributed by atoms with Gasteiger partial charge in [-0.15, -0.1) is 0 Å². The maximum absolute atomic E-state index is 12.3. The zero-order valence-electron chi connectivity index (χ0n) is 15.6. The molecule has 24 heavy (non-hydrogen) atoms. The first-order valence-electron chi connectivity index (χ1n) is 9.19. The fourth-order valence-corrected chi connectivity index (χ4v) is 3.17. The van der Waals surface area contributed by atoms with Crippen molar-refractivity contribution >= 4 is 6.03 Å². The van der Waals surface area contributed by atoms with Crippen LogP contribution >= 0.6 is 0 Å². The number of amides is 2. The summed E-state index contributed by atoms with van der Waals surface area (Å²) in [7, 11) is 0. The van der Waals surface area contributed by atoms with E-state index in [1.807, 2.05) is 17.0 Å². The van der Waals surface area contributed by atoms with Crippen LogP contribution in [-0.4, -0.2) is 36.7 Å². The number of nitrogens with one attached hydrogen (secondary N) is 1. The van der Waals surface area contributed by atoms with E-state index in [4.69, 9.17) is 4.74 Å². The molecule has 1 atom stereocenters. The third-order valence-electron chi connectivity index (χ3n) is 4.71. The molecule has 0 bridgehead atoms. The summed E-state index contributed by atoms with van der Waals surface area (Å²) < 4.78 is 5.80. The van der Waals surface area contributed by atoms with Crippen molar-refractivity contribution in [1.29, 1.82) is 0 Å². The molecule has 0 spiro atoms. The van der Waals surface area contributed by atoms with E-state index < -0.39 is 0 Å². The van der Waals surface area contributed by atoms with Gasteiger partial charge in [0.2, 0.25) is 0 Å². The molecule has 1 aliphatic heterocycles. The second-order valence-electron chi connectivity index (χ2n) is 7.61. The summed E-state index contributed by atoms with van der Waals surface area (Å²) in [5.74, 6) is 0.862. The van der Waals surface area contributed by atoms with Gasteiger partial charge in [0.1, 0.15) is 12.4 Å². The Morgan fingerprint density at radius 3 is 2.83 bits per heavy atom. The molecule has 1 fully saturated rings. The van der Waals surface area contributed by atoms with Crippen molar-refractivity contribution in [3.8, 4) is 5.75 Å². The topological polar surface area (TPSA) is 41.6 Å². The Morgan fingerprint density at radius 2 is 2.12 bits per heavy atom. The van der Waals surface area contributed by atoms with Crippen LogP contribution in [0.5, 0.6) is 5.75 Å². The molecule has 4 heteroatoms. The minimum Gasteiger partial charge on any atom is -0.492 e. The Hall–Kier alpha value is -1.71. The van der Waals surface area contributed by atoms with Gasteiger partial charge in [-0.2, -0.15) is 0 Å². The van der Waals surface area contributed by atoms with Crippen LogP contribution in [0.4, 0.5) is 4.79 Å². The van der Waals surface area contributed by atoms with E-state index in [0.29, 0.717) is 19.2 Å². The number of rotatable bonds is 5. The average molecular weight is 332 g/mol. The van der Waals surface area contributed by atoms with E-state index in [9.17, 15) is 4.79 Å². The van der Waals surface area contributed by atoms with Gasteiger partial charge in [0.25, 0.3) is 0 Å². The van der Waals surface area contributed by atoms with Gasteiger partial charge < -0.3 is 15.0 Å². The Kier molecular flexibility index (Phi) is 6.52. The summed E-state index contributed by atoms with van der Waals surface area (Å²) >= 11 is 0. The summed E-state index contributed by atoms with van der Waals surface area (Å²) in [5.41, 5.74) is 1.36. The van der Waals surface area contributed by atoms with E-state index in [2.05, 4.69) is 45.1 Å². The highest BCUT2D eigenvalue weighted by Gasteiger charge is 2.24. The molecule has 1 unspecified atom stereocenters. The fraction of sp³-hybridized carbons (Fsp3) is 0.650. The van der Waals surface area contributed by atoms with Crippen LogP contribution in [-0.2, 0) is 5.41 Å². The first-order valence-corrected chi connectivity index (χ1v) is 9.19. The molecule has 0 aliphatic carbocycles. The van der Waals surface area contributed by atoms with Crippen molar-refractivity contribution in [3.63, 3.8) is 0 Å². The largest absolute Gasteiger partial charge is 0.492 e. The summed E-state index contributed by atoms with van der Waals surface area (Å²) in [6.45, 7) is 10.6. The normalized spacial score (nSPS) is 18.3. The van der Waals surface area contributed by atoms with Gasteiger partial charge in [0, 0.05) is 12.6 Å². The van der Waals surface area contributed by atoms with Crippen molar-refractivity contribution in [2.45, 2.75) is 64.8 Å². The smallest absolute Gasteiger partial charge is 0.317 e. The van der Waals surface area contributed by atoms with Gasteiger partial charge in [0.05, 0.1) is 6.54 Å². The van der Waals surface area contributed by atoms with E-state index in [1.54, 1.807) is 0 Å². The number of hydrogen-bond donors (Lipinski definition) is 1. The molecule has 2 amide bonds. The number of benzene rings is 1. The lowest BCUT2D eigenvalue weighted by Gasteiger charge is -2.35. The number of piperidine rings is 1. The number of nitrogens with zero attached hydrogens (tertiary/aromatic N) is 1. The van der Waals surface area contributed by atoms with Gasteiger partial charge in [-0.25, -0.2) is 4.79 Å². The number of ether oxygens (including phenoxy) is 1. The maximum Gasteiger partial charge on any atom is 0.317 e. The second-order valence-corrected chi connectivity index (χ2v) is 7.61. The highest BCUT2D eigenvalue weighted by molar-refractivity contribution is 5.74. The van der Waals surface area contributed by atoms with Crippen molar-refractivity contribution < 1.29 is 9.53 Å². The van der Waals surface area contributed by atoms with Crippen LogP contribution in [0, 0.1) is 0 Å². The average Bonchev–Trinajstić information content (AvgIpc) is 2.58. The monoisotopic (exact) mass is 332 g/mol. The Bertz CT molecular complexity index is 537. The summed E-state index contributed by atoms with van der Waals surface area (Å²) in [5, 5.41) is 2.99. The first-order chi connectivity index (χ1) is 11.4. The van der Waals surface area contributed by atoms with Crippen LogP contribution in [0.15, 0.2) is 24.3 Å². The lowest BCUT2D eigenvalue weighted by molar-refractivity contribution is 0.147. The molecule has 2 rings (SSSR count). The van der Waals surface area contributed by atoms with E-state index >= 15 is 0 Å². The van der Waals surface area contributed by atoms with Gasteiger partial charge in [-0.1, -0.05) is 39.8 Å². The SMILES string of the molecule is CCC1CCCCN1C(=O)NCCOc1cccc(C(C)(C)C)c1. The highest BCUT2D eigenvalue weighted by atomic mass is 16.5. The molecule has 4 nitrogen and oxygen atoms in total. The number of likely N-dealkylation sites (tertiary alicyclic amines) is 1. The molecule has 1 N–H and O–H groups in total. The third kappa shape index (κ3) is 5.15. The molecule has 0 aromatic heterocycles. The molecular formula is C20H32N2O2. The number of carbonyl (C=O) groups excluding carboxylic acids is 1. The lowest BCUT2D eigenvalue weighted by atomic mass is 9.87. The van der Waals surface area contributed by atoms with Gasteiger partial charge in [-0.05, 0) is 48.8 Å². The molecule has 0 saturated carbocycles. The molecule has 1 aromatic rings. The summed E-state index contributed by atoms with van der Waals surface area (Å²) in [6.07, 6.45) is 4.50. The van der Waals surface area contributed by atoms with Crippen molar-refractivity contribution in [3.05, 3.63) is 29.8 Å². The standard InChI is InChI=1S/C20H32N2O2/c1-5-17-10-6-7-13-22(17)19(23)21-12-14-24-18-11-8-9-16(15-18)20(2,3)4/h8-9,11,15,17H,5-7,10,12-14H2,1-4H3,(H,21,23). The van der Waals surface area contributed by atoms with Gasteiger partial charge in [0.15, 0.2) is 0 Å². The minimum atomic E-state index is 0.0496. The lowest BCUT2D eigenvalue weighted by Crippen LogP contribution is -2.49. The highest BCUT2D eigenvalue weighted by Crippen LogP contribution is 2.25. The Labute approximate surface area is 146 Å². The predicted octanol–water partition coefficient (Wildman–Crippen LogP) is 4.34. The molecule has 1 aromatic carbocycles. The quantitative estimate of drug-likeness (QED) is 0.815. The van der Waals surface area contributed by atoms with Crippen LogP contribution in [0.25, 0.3) is 0 Å². The molecule has 1 heterocycles. The second kappa shape index (κ2) is 8.41. The first kappa shape index (κ1) is 18.6. The predicted molar refractivity (Wildman–Crippen MR) is 98.7 cm³/mol. The van der Waals surface area contributed by atoms with Crippen molar-refractivity contribution in [1.82, 2.24) is 10.2 Å². The fourth-order valence-electron chi connectivity index (χ4n) is 3.17. The molecular weight excluding hydrogens is 300 g/mol. The molecule has 134 valence electrons. The number of urea groups is 1. The minimum absolute atomic E-state index is 0.0496. The maximum atomic E-state index is 12.3. The molecule has 1 aliphatic rings. The van der Waals surface area contributed by atoms with Crippen molar-refractivity contribution in [2.24, 2.45) is 0 Å². The van der Waals surface area contributed by atoms with Crippen LogP contribution in [0.2, 0.25) is 0 Å². The third-order valence-corrected chi connectivity index (χ3v) is 4.71. The van der Waals surface area contributed by atoms with E-state index in [1.165, 1.54) is 12.0 Å². The van der Waals surface area contributed by atoms with E-state index in [0.717, 1.165) is 31.6 Å². The van der Waals surface area contributed by atoms with Crippen LogP contribution < -0.4 is 10.1 Å². The number of hydrogen-bond acceptors (Lipinski definition) is 2. The zero-order chi connectivity index (χ0) is 17.6. The Balaban J connectivity index is 1.77. The van der Waals surface area contributed by atoms with Crippen molar-refractivity contribution in [2.75, 3.05) is 19.7 Å². The van der Waals surface area contributed by atoms with Crippen LogP contribution in [0.1, 0.15) is 58.9 Å². The van der Waals surface area contributed by atoms with Crippen LogP contribution in [0.3, 0.4) is 0 Å². The van der Waals surface area contributed by atoms with E-state index in [-0.39, 0.29) is 11.4 Å². The van der Waals surface area contributed by atoms with Gasteiger partial charge >= 0.3 is 6.03 Å². The Morgan fingerprint density at radius 1 is 1.33 bits per heavy atom. The zero-order valence-corrected chi connectivity index (χ0v) is 15.6.